The van der Waals surface area contributed by atoms with Crippen molar-refractivity contribution in [2.75, 3.05) is 42.9 Å². The van der Waals surface area contributed by atoms with Crippen LogP contribution in [0.2, 0.25) is 0 Å². The molecule has 3 rings (SSSR count). The summed E-state index contributed by atoms with van der Waals surface area (Å²) in [6.45, 7) is 1.72. The first kappa shape index (κ1) is 24.1. The van der Waals surface area contributed by atoms with Gasteiger partial charge >= 0.3 is 12.4 Å². The molecule has 6 nitrogen and oxygen atoms in total. The van der Waals surface area contributed by atoms with Crippen molar-refractivity contribution < 1.29 is 31.4 Å². The number of hydrogen-bond acceptors (Lipinski definition) is 6. The monoisotopic (exact) mass is 463 g/mol. The molecule has 0 radical (unpaired) electrons. The number of anilines is 2. The van der Waals surface area contributed by atoms with Gasteiger partial charge in [0.25, 0.3) is 0 Å². The molecule has 32 heavy (non-hydrogen) atoms. The van der Waals surface area contributed by atoms with Gasteiger partial charge in [-0.05, 0) is 24.6 Å². The summed E-state index contributed by atoms with van der Waals surface area (Å²) in [6.07, 6.45) is -8.47. The quantitative estimate of drug-likeness (QED) is 0.637. The maximum absolute atomic E-state index is 12.7. The Balaban J connectivity index is 1.57. The molecule has 176 valence electrons. The Hall–Kier alpha value is -2.60. The molecule has 1 saturated heterocycles. The lowest BCUT2D eigenvalue weighted by atomic mass is 10.1. The third kappa shape index (κ3) is 6.45. The smallest absolute Gasteiger partial charge is 0.387 e. The SMILES string of the molecule is C[C@@H]1CN(c2cc(NCC(O)c3ccc(C(F)(F)F)cc3)ncn2)CCN1CC(F)(F)F. The average Bonchev–Trinajstić information content (AvgIpc) is 2.72. The van der Waals surface area contributed by atoms with Gasteiger partial charge in [-0.3, -0.25) is 4.90 Å². The van der Waals surface area contributed by atoms with E-state index < -0.39 is 30.6 Å². The molecular weight excluding hydrogens is 440 g/mol. The number of halogens is 6. The molecule has 0 spiro atoms. The zero-order chi connectivity index (χ0) is 23.5. The molecule has 2 atom stereocenters. The first-order chi connectivity index (χ1) is 14.9. The summed E-state index contributed by atoms with van der Waals surface area (Å²) in [6, 6.07) is 5.52. The topological polar surface area (TPSA) is 64.5 Å². The lowest BCUT2D eigenvalue weighted by Gasteiger charge is -2.40. The van der Waals surface area contributed by atoms with Crippen LogP contribution in [0.4, 0.5) is 38.0 Å². The molecule has 2 heterocycles. The van der Waals surface area contributed by atoms with Gasteiger partial charge in [0.2, 0.25) is 0 Å². The van der Waals surface area contributed by atoms with Crippen LogP contribution in [0, 0.1) is 0 Å². The van der Waals surface area contributed by atoms with E-state index in [-0.39, 0.29) is 19.1 Å². The van der Waals surface area contributed by atoms with Crippen LogP contribution in [0.1, 0.15) is 24.2 Å². The molecule has 2 aromatic rings. The summed E-state index contributed by atoms with van der Waals surface area (Å²) in [5.41, 5.74) is -0.485. The van der Waals surface area contributed by atoms with Crippen molar-refractivity contribution in [1.82, 2.24) is 14.9 Å². The Morgan fingerprint density at radius 2 is 1.78 bits per heavy atom. The summed E-state index contributed by atoms with van der Waals surface area (Å²) in [5.74, 6) is 0.913. The number of aliphatic hydroxyl groups is 1. The number of nitrogens with zero attached hydrogens (tertiary/aromatic N) is 4. The summed E-state index contributed by atoms with van der Waals surface area (Å²) in [7, 11) is 0. The molecule has 1 aromatic carbocycles. The lowest BCUT2D eigenvalue weighted by molar-refractivity contribution is -0.150. The van der Waals surface area contributed by atoms with Crippen molar-refractivity contribution in [3.63, 3.8) is 0 Å². The van der Waals surface area contributed by atoms with E-state index in [4.69, 9.17) is 0 Å². The van der Waals surface area contributed by atoms with Gasteiger partial charge in [0.05, 0.1) is 18.2 Å². The summed E-state index contributed by atoms with van der Waals surface area (Å²) in [4.78, 5) is 11.5. The minimum absolute atomic E-state index is 0.00240. The van der Waals surface area contributed by atoms with Gasteiger partial charge in [0.1, 0.15) is 18.0 Å². The Bertz CT molecular complexity index is 889. The first-order valence-electron chi connectivity index (χ1n) is 9.89. The number of aromatic nitrogens is 2. The van der Waals surface area contributed by atoms with E-state index >= 15 is 0 Å². The van der Waals surface area contributed by atoms with E-state index in [0.29, 0.717) is 30.3 Å². The van der Waals surface area contributed by atoms with Gasteiger partial charge in [0, 0.05) is 38.3 Å². The highest BCUT2D eigenvalue weighted by molar-refractivity contribution is 5.49. The Morgan fingerprint density at radius 1 is 1.09 bits per heavy atom. The summed E-state index contributed by atoms with van der Waals surface area (Å²) < 4.78 is 76.0. The molecule has 0 aliphatic carbocycles. The predicted molar refractivity (Wildman–Crippen MR) is 106 cm³/mol. The maximum atomic E-state index is 12.7. The van der Waals surface area contributed by atoms with Crippen LogP contribution in [0.5, 0.6) is 0 Å². The van der Waals surface area contributed by atoms with E-state index in [1.54, 1.807) is 13.0 Å². The van der Waals surface area contributed by atoms with Crippen molar-refractivity contribution in [3.05, 3.63) is 47.8 Å². The zero-order valence-electron chi connectivity index (χ0n) is 17.2. The Kier molecular flexibility index (Phi) is 7.13. The molecule has 12 heteroatoms. The highest BCUT2D eigenvalue weighted by Gasteiger charge is 2.35. The minimum Gasteiger partial charge on any atom is -0.387 e. The van der Waals surface area contributed by atoms with Crippen LogP contribution in [0.25, 0.3) is 0 Å². The van der Waals surface area contributed by atoms with Crippen LogP contribution in [-0.4, -0.2) is 64.9 Å². The van der Waals surface area contributed by atoms with E-state index in [1.807, 2.05) is 4.90 Å². The van der Waals surface area contributed by atoms with Gasteiger partial charge < -0.3 is 15.3 Å². The van der Waals surface area contributed by atoms with Crippen molar-refractivity contribution in [2.24, 2.45) is 0 Å². The molecule has 1 aromatic heterocycles. The molecule has 2 N–H and O–H groups in total. The highest BCUT2D eigenvalue weighted by Crippen LogP contribution is 2.30. The average molecular weight is 463 g/mol. The van der Waals surface area contributed by atoms with Crippen molar-refractivity contribution >= 4 is 11.6 Å². The number of alkyl halides is 6. The fraction of sp³-hybridized carbons (Fsp3) is 0.500. The number of hydrogen-bond donors (Lipinski definition) is 2. The zero-order valence-corrected chi connectivity index (χ0v) is 17.2. The van der Waals surface area contributed by atoms with Gasteiger partial charge in [-0.15, -0.1) is 0 Å². The van der Waals surface area contributed by atoms with Crippen molar-refractivity contribution in [1.29, 1.82) is 0 Å². The summed E-state index contributed by atoms with van der Waals surface area (Å²) in [5, 5.41) is 13.2. The van der Waals surface area contributed by atoms with Gasteiger partial charge in [0.15, 0.2) is 0 Å². The van der Waals surface area contributed by atoms with Gasteiger partial charge in [-0.2, -0.15) is 26.3 Å². The van der Waals surface area contributed by atoms with E-state index in [1.165, 1.54) is 23.4 Å². The second kappa shape index (κ2) is 9.49. The van der Waals surface area contributed by atoms with Crippen LogP contribution in [0.15, 0.2) is 36.7 Å². The fourth-order valence-electron chi connectivity index (χ4n) is 3.50. The van der Waals surface area contributed by atoms with Crippen LogP contribution < -0.4 is 10.2 Å². The lowest BCUT2D eigenvalue weighted by Crippen LogP contribution is -2.54. The molecule has 1 unspecified atom stereocenters. The largest absolute Gasteiger partial charge is 0.416 e. The standard InChI is InChI=1S/C20H23F6N5O/c1-13-10-30(6-7-31(13)11-19(21,22)23)18-8-17(28-12-29-18)27-9-16(32)14-2-4-15(5-3-14)20(24,25)26/h2-5,8,12-13,16,32H,6-7,9-11H2,1H3,(H,27,28,29)/t13-,16?/m1/s1. The number of aliphatic hydroxyl groups excluding tert-OH is 1. The molecular formula is C20H23F6N5O. The normalized spacial score (nSPS) is 19.1. The van der Waals surface area contributed by atoms with Gasteiger partial charge in [-0.1, -0.05) is 12.1 Å². The molecule has 0 amide bonds. The van der Waals surface area contributed by atoms with Crippen molar-refractivity contribution in [2.45, 2.75) is 31.4 Å². The molecule has 1 aliphatic rings. The van der Waals surface area contributed by atoms with E-state index in [9.17, 15) is 31.4 Å². The molecule has 1 aliphatic heterocycles. The number of piperazine rings is 1. The number of nitrogens with one attached hydrogen (secondary N) is 1. The third-order valence-electron chi connectivity index (χ3n) is 5.22. The summed E-state index contributed by atoms with van der Waals surface area (Å²) >= 11 is 0. The predicted octanol–water partition coefficient (Wildman–Crippen LogP) is 3.71. The molecule has 0 bridgehead atoms. The number of benzene rings is 1. The number of rotatable bonds is 6. The van der Waals surface area contributed by atoms with E-state index in [0.717, 1.165) is 12.1 Å². The molecule has 1 fully saturated rings. The minimum atomic E-state index is -4.45. The first-order valence-corrected chi connectivity index (χ1v) is 9.89. The Labute approximate surface area is 180 Å². The van der Waals surface area contributed by atoms with Gasteiger partial charge in [-0.25, -0.2) is 9.97 Å². The van der Waals surface area contributed by atoms with Crippen LogP contribution in [0.3, 0.4) is 0 Å². The fourth-order valence-corrected chi connectivity index (χ4v) is 3.50. The van der Waals surface area contributed by atoms with Crippen LogP contribution >= 0.6 is 0 Å². The third-order valence-corrected chi connectivity index (χ3v) is 5.22. The second-order valence-corrected chi connectivity index (χ2v) is 7.66. The van der Waals surface area contributed by atoms with E-state index in [2.05, 4.69) is 15.3 Å². The highest BCUT2D eigenvalue weighted by atomic mass is 19.4. The maximum Gasteiger partial charge on any atom is 0.416 e. The van der Waals surface area contributed by atoms with Crippen molar-refractivity contribution in [3.8, 4) is 0 Å². The molecule has 0 saturated carbocycles. The Morgan fingerprint density at radius 3 is 2.38 bits per heavy atom. The second-order valence-electron chi connectivity index (χ2n) is 7.66. The van der Waals surface area contributed by atoms with Crippen LogP contribution in [-0.2, 0) is 6.18 Å².